The number of carbonyl (C=O) groups is 1. The maximum Gasteiger partial charge on any atom is 0.271 e. The van der Waals surface area contributed by atoms with Crippen molar-refractivity contribution in [2.75, 3.05) is 22.5 Å². The van der Waals surface area contributed by atoms with Crippen molar-refractivity contribution in [2.24, 2.45) is 0 Å². The van der Waals surface area contributed by atoms with Crippen LogP contribution in [0.5, 0.6) is 5.75 Å². The van der Waals surface area contributed by atoms with Gasteiger partial charge in [0, 0.05) is 12.1 Å². The fourth-order valence-corrected chi connectivity index (χ4v) is 4.07. The van der Waals surface area contributed by atoms with Crippen LogP contribution in [0.2, 0.25) is 0 Å². The Morgan fingerprint density at radius 2 is 1.90 bits per heavy atom. The number of benzene rings is 2. The predicted molar refractivity (Wildman–Crippen MR) is 111 cm³/mol. The Balaban J connectivity index is 2.43. The van der Waals surface area contributed by atoms with E-state index in [4.69, 9.17) is 4.74 Å². The maximum atomic E-state index is 13.0. The van der Waals surface area contributed by atoms with Crippen LogP contribution in [0, 0.1) is 10.1 Å². The highest BCUT2D eigenvalue weighted by Crippen LogP contribution is 2.28. The van der Waals surface area contributed by atoms with Crippen LogP contribution in [0.25, 0.3) is 0 Å². The molecule has 2 aromatic rings. The Bertz CT molecular complexity index is 993. The predicted octanol–water partition coefficient (Wildman–Crippen LogP) is 3.18. The lowest BCUT2D eigenvalue weighted by molar-refractivity contribution is -0.384. The van der Waals surface area contributed by atoms with Crippen LogP contribution < -0.4 is 14.4 Å². The first-order chi connectivity index (χ1) is 13.7. The molecule has 9 nitrogen and oxygen atoms in total. The highest BCUT2D eigenvalue weighted by Gasteiger charge is 2.32. The summed E-state index contributed by atoms with van der Waals surface area (Å²) in [5.74, 6) is -0.115. The third kappa shape index (κ3) is 5.44. The van der Waals surface area contributed by atoms with Crippen LogP contribution >= 0.6 is 0 Å². The van der Waals surface area contributed by atoms with Gasteiger partial charge in [0.2, 0.25) is 15.9 Å². The van der Waals surface area contributed by atoms with Crippen molar-refractivity contribution in [1.82, 2.24) is 0 Å². The molecule has 0 spiro atoms. The van der Waals surface area contributed by atoms with Gasteiger partial charge in [-0.15, -0.1) is 0 Å². The van der Waals surface area contributed by atoms with Gasteiger partial charge in [-0.05, 0) is 31.5 Å². The summed E-state index contributed by atoms with van der Waals surface area (Å²) < 4.78 is 31.4. The Hall–Kier alpha value is -3.14. The van der Waals surface area contributed by atoms with E-state index in [2.05, 4.69) is 5.32 Å². The molecule has 0 aliphatic heterocycles. The monoisotopic (exact) mass is 421 g/mol. The lowest BCUT2D eigenvalue weighted by Crippen LogP contribution is -2.47. The normalized spacial score (nSPS) is 12.1. The maximum absolute atomic E-state index is 13.0. The number of rotatable bonds is 9. The Kier molecular flexibility index (Phi) is 7.16. The molecule has 0 saturated carbocycles. The summed E-state index contributed by atoms with van der Waals surface area (Å²) in [7, 11) is -3.91. The number of nitro groups is 1. The van der Waals surface area contributed by atoms with E-state index in [1.54, 1.807) is 38.1 Å². The van der Waals surface area contributed by atoms with E-state index in [-0.39, 0.29) is 17.8 Å². The largest absolute Gasteiger partial charge is 0.492 e. The Morgan fingerprint density at radius 3 is 2.48 bits per heavy atom. The lowest BCUT2D eigenvalue weighted by Gasteiger charge is -2.30. The first-order valence-electron chi connectivity index (χ1n) is 8.95. The molecule has 0 heterocycles. The van der Waals surface area contributed by atoms with Crippen molar-refractivity contribution in [1.29, 1.82) is 0 Å². The van der Waals surface area contributed by atoms with E-state index in [9.17, 15) is 23.3 Å². The quantitative estimate of drug-likeness (QED) is 0.491. The van der Waals surface area contributed by atoms with Crippen LogP contribution in [-0.2, 0) is 14.8 Å². The first-order valence-corrected chi connectivity index (χ1v) is 10.8. The average Bonchev–Trinajstić information content (AvgIpc) is 2.66. The van der Waals surface area contributed by atoms with Crippen LogP contribution in [0.15, 0.2) is 48.5 Å². The van der Waals surface area contributed by atoms with Crippen molar-refractivity contribution < 1.29 is 22.9 Å². The summed E-state index contributed by atoms with van der Waals surface area (Å²) in [5.41, 5.74) is 0.181. The molecule has 0 aliphatic carbocycles. The number of sulfonamides is 1. The van der Waals surface area contributed by atoms with Crippen LogP contribution in [0.4, 0.5) is 17.1 Å². The molecule has 156 valence electrons. The average molecular weight is 421 g/mol. The summed E-state index contributed by atoms with van der Waals surface area (Å²) in [5, 5.41) is 13.8. The topological polar surface area (TPSA) is 119 Å². The number of nitro benzene ring substituents is 1. The summed E-state index contributed by atoms with van der Waals surface area (Å²) in [4.78, 5) is 23.4. The van der Waals surface area contributed by atoms with Gasteiger partial charge in [-0.3, -0.25) is 19.2 Å². The molecular weight excluding hydrogens is 398 g/mol. The molecule has 10 heteroatoms. The number of nitrogens with one attached hydrogen (secondary N) is 1. The number of carbonyl (C=O) groups excluding carboxylic acids is 1. The molecular formula is C19H23N3O6S. The van der Waals surface area contributed by atoms with E-state index in [1.807, 2.05) is 0 Å². The minimum atomic E-state index is -3.91. The molecule has 0 unspecified atom stereocenters. The SMILES string of the molecule is CCOc1ccccc1NC(=O)[C@@H](CC)N(c1cccc([N+](=O)[O-])c1)S(C)(=O)=O. The summed E-state index contributed by atoms with van der Waals surface area (Å²) >= 11 is 0. The Morgan fingerprint density at radius 1 is 1.21 bits per heavy atom. The second-order valence-electron chi connectivity index (χ2n) is 6.18. The van der Waals surface area contributed by atoms with E-state index in [0.717, 1.165) is 16.6 Å². The summed E-state index contributed by atoms with van der Waals surface area (Å²) in [6.07, 6.45) is 1.11. The van der Waals surface area contributed by atoms with Crippen LogP contribution in [0.3, 0.4) is 0 Å². The summed E-state index contributed by atoms with van der Waals surface area (Å²) in [6, 6.07) is 10.9. The number of non-ortho nitro benzene ring substituents is 1. The van der Waals surface area contributed by atoms with Crippen molar-refractivity contribution in [2.45, 2.75) is 26.3 Å². The molecule has 29 heavy (non-hydrogen) atoms. The van der Waals surface area contributed by atoms with E-state index >= 15 is 0 Å². The molecule has 0 aliphatic rings. The van der Waals surface area contributed by atoms with Crippen LogP contribution in [0.1, 0.15) is 20.3 Å². The zero-order chi connectivity index (χ0) is 21.6. The number of amides is 1. The van der Waals surface area contributed by atoms with Gasteiger partial charge in [-0.2, -0.15) is 0 Å². The zero-order valence-electron chi connectivity index (χ0n) is 16.4. The minimum absolute atomic E-state index is 0.0433. The van der Waals surface area contributed by atoms with E-state index in [0.29, 0.717) is 18.0 Å². The summed E-state index contributed by atoms with van der Waals surface area (Å²) in [6.45, 7) is 3.86. The molecule has 0 bridgehead atoms. The highest BCUT2D eigenvalue weighted by atomic mass is 32.2. The van der Waals surface area contributed by atoms with Gasteiger partial charge in [0.1, 0.15) is 11.8 Å². The van der Waals surface area contributed by atoms with Gasteiger partial charge >= 0.3 is 0 Å². The molecule has 1 N–H and O–H groups in total. The second-order valence-corrected chi connectivity index (χ2v) is 8.04. The number of hydrogen-bond acceptors (Lipinski definition) is 6. The van der Waals surface area contributed by atoms with Gasteiger partial charge in [0.15, 0.2) is 0 Å². The molecule has 0 saturated heterocycles. The van der Waals surface area contributed by atoms with Gasteiger partial charge in [-0.1, -0.05) is 25.1 Å². The number of ether oxygens (including phenoxy) is 1. The number of hydrogen-bond donors (Lipinski definition) is 1. The molecule has 2 aromatic carbocycles. The fraction of sp³-hybridized carbons (Fsp3) is 0.316. The smallest absolute Gasteiger partial charge is 0.271 e. The highest BCUT2D eigenvalue weighted by molar-refractivity contribution is 7.92. The van der Waals surface area contributed by atoms with Crippen molar-refractivity contribution in [3.63, 3.8) is 0 Å². The van der Waals surface area contributed by atoms with Gasteiger partial charge in [0.25, 0.3) is 5.69 Å². The van der Waals surface area contributed by atoms with Gasteiger partial charge in [-0.25, -0.2) is 8.42 Å². The number of nitrogens with zero attached hydrogens (tertiary/aromatic N) is 2. The van der Waals surface area contributed by atoms with E-state index < -0.39 is 26.9 Å². The third-order valence-electron chi connectivity index (χ3n) is 4.07. The number of para-hydroxylation sites is 2. The number of anilines is 2. The van der Waals surface area contributed by atoms with Crippen molar-refractivity contribution >= 4 is 33.0 Å². The molecule has 1 atom stereocenters. The Labute approximate surface area is 169 Å². The van der Waals surface area contributed by atoms with Gasteiger partial charge < -0.3 is 10.1 Å². The first kappa shape index (κ1) is 22.2. The van der Waals surface area contributed by atoms with Gasteiger partial charge in [0.05, 0.1) is 29.2 Å². The molecule has 0 radical (unpaired) electrons. The zero-order valence-corrected chi connectivity index (χ0v) is 17.2. The van der Waals surface area contributed by atoms with Crippen LogP contribution in [-0.4, -0.2) is 38.2 Å². The lowest BCUT2D eigenvalue weighted by atomic mass is 10.1. The van der Waals surface area contributed by atoms with Crippen molar-refractivity contribution in [3.05, 3.63) is 58.6 Å². The fourth-order valence-electron chi connectivity index (χ4n) is 2.87. The second kappa shape index (κ2) is 9.37. The third-order valence-corrected chi connectivity index (χ3v) is 5.25. The molecule has 2 rings (SSSR count). The van der Waals surface area contributed by atoms with Crippen molar-refractivity contribution in [3.8, 4) is 5.75 Å². The van der Waals surface area contributed by atoms with E-state index in [1.165, 1.54) is 18.2 Å². The molecule has 0 fully saturated rings. The molecule has 0 aromatic heterocycles. The molecule has 1 amide bonds. The standard InChI is InChI=1S/C19H23N3O6S/c1-4-17(19(23)20-16-11-6-7-12-18(16)28-5-2)21(29(3,26)27)14-9-8-10-15(13-14)22(24)25/h6-13,17H,4-5H2,1-3H3,(H,20,23)/t17-/m1/s1. The minimum Gasteiger partial charge on any atom is -0.492 e.